The van der Waals surface area contributed by atoms with E-state index < -0.39 is 5.91 Å². The number of primary amides is 1. The Morgan fingerprint density at radius 3 is 2.51 bits per heavy atom. The Morgan fingerprint density at radius 2 is 1.80 bits per heavy atom. The number of nitrogens with one attached hydrogen (secondary N) is 1. The summed E-state index contributed by atoms with van der Waals surface area (Å²) in [6, 6.07) is 16.8. The van der Waals surface area contributed by atoms with Crippen LogP contribution in [0.25, 0.3) is 27.7 Å². The number of furan rings is 1. The van der Waals surface area contributed by atoms with Crippen LogP contribution in [0.4, 0.5) is 5.69 Å². The topological polar surface area (TPSA) is 94.6 Å². The second kappa shape index (κ2) is 9.89. The molecule has 3 aromatic carbocycles. The summed E-state index contributed by atoms with van der Waals surface area (Å²) in [6.45, 7) is 8.37. The Morgan fingerprint density at radius 1 is 1.03 bits per heavy atom. The maximum Gasteiger partial charge on any atom is 0.250 e. The molecule has 3 N–H and O–H groups in total. The van der Waals surface area contributed by atoms with Gasteiger partial charge in [0.05, 0.1) is 24.1 Å². The Bertz CT molecular complexity index is 1460. The molecule has 0 atom stereocenters. The number of nitrogens with two attached hydrogens (primary N) is 1. The summed E-state index contributed by atoms with van der Waals surface area (Å²) < 4.78 is 11.8. The highest BCUT2D eigenvalue weighted by Crippen LogP contribution is 2.38. The van der Waals surface area contributed by atoms with Gasteiger partial charge in [0.15, 0.2) is 0 Å². The average molecular weight is 469 g/mol. The van der Waals surface area contributed by atoms with E-state index in [9.17, 15) is 9.59 Å². The molecule has 0 fully saturated rings. The van der Waals surface area contributed by atoms with Gasteiger partial charge in [-0.2, -0.15) is 0 Å². The Kier molecular flexibility index (Phi) is 6.73. The summed E-state index contributed by atoms with van der Waals surface area (Å²) in [5.74, 6) is -0.356. The number of aryl methyl sites for hydroxylation is 2. The van der Waals surface area contributed by atoms with Crippen molar-refractivity contribution < 1.29 is 18.7 Å². The number of hydrogen-bond donors (Lipinski definition) is 2. The van der Waals surface area contributed by atoms with Crippen LogP contribution in [0.1, 0.15) is 40.9 Å². The molecule has 6 heteroatoms. The molecule has 1 aromatic heterocycles. The lowest BCUT2D eigenvalue weighted by Crippen LogP contribution is -2.17. The smallest absolute Gasteiger partial charge is 0.250 e. The molecule has 0 bridgehead atoms. The minimum absolute atomic E-state index is 0.250. The number of carbonyl (C=O) groups excluding carboxylic acids is 2. The van der Waals surface area contributed by atoms with Gasteiger partial charge in [-0.25, -0.2) is 0 Å². The molecule has 0 spiro atoms. The van der Waals surface area contributed by atoms with Gasteiger partial charge in [0, 0.05) is 28.7 Å². The molecule has 0 saturated heterocycles. The summed E-state index contributed by atoms with van der Waals surface area (Å²) in [5.41, 5.74) is 12.7. The van der Waals surface area contributed by atoms with Crippen LogP contribution in [0.5, 0.6) is 5.75 Å². The number of hydrogen-bond acceptors (Lipinski definition) is 4. The second-order valence-corrected chi connectivity index (χ2v) is 8.47. The molecule has 0 radical (unpaired) electrons. The Balaban J connectivity index is 1.75. The fourth-order valence-corrected chi connectivity index (χ4v) is 4.21. The van der Waals surface area contributed by atoms with E-state index in [1.807, 2.05) is 26.0 Å². The number of benzene rings is 3. The summed E-state index contributed by atoms with van der Waals surface area (Å²) >= 11 is 0. The van der Waals surface area contributed by atoms with Crippen molar-refractivity contribution in [3.63, 3.8) is 0 Å². The van der Waals surface area contributed by atoms with Gasteiger partial charge in [0.25, 0.3) is 5.91 Å². The summed E-state index contributed by atoms with van der Waals surface area (Å²) in [4.78, 5) is 24.5. The number of ether oxygens (including phenoxy) is 1. The van der Waals surface area contributed by atoms with Crippen LogP contribution in [-0.2, 0) is 4.79 Å². The van der Waals surface area contributed by atoms with Crippen molar-refractivity contribution in [2.24, 2.45) is 5.73 Å². The van der Waals surface area contributed by atoms with E-state index in [4.69, 9.17) is 14.9 Å². The van der Waals surface area contributed by atoms with Gasteiger partial charge in [0.2, 0.25) is 5.91 Å². The van der Waals surface area contributed by atoms with Crippen molar-refractivity contribution in [3.8, 4) is 16.9 Å². The zero-order chi connectivity index (χ0) is 25.1. The molecule has 4 aromatic rings. The predicted molar refractivity (Wildman–Crippen MR) is 140 cm³/mol. The fraction of sp³-hybridized carbons (Fsp3) is 0.172. The molecule has 0 aliphatic heterocycles. The number of rotatable bonds is 7. The SMILES string of the molecule is CCOc1cc2occ(-c3ccc(C)cc3C)c2cc1/C(C)=C/C(=O)Nc1ccccc1C(N)=O. The first kappa shape index (κ1) is 23.8. The zero-order valence-corrected chi connectivity index (χ0v) is 20.3. The van der Waals surface area contributed by atoms with E-state index in [-0.39, 0.29) is 11.5 Å². The van der Waals surface area contributed by atoms with E-state index in [2.05, 4.69) is 37.4 Å². The molecule has 0 aliphatic rings. The quantitative estimate of drug-likeness (QED) is 0.313. The fourth-order valence-electron chi connectivity index (χ4n) is 4.21. The summed E-state index contributed by atoms with van der Waals surface area (Å²) in [7, 11) is 0. The van der Waals surface area contributed by atoms with Crippen LogP contribution in [-0.4, -0.2) is 18.4 Å². The number of fused-ring (bicyclic) bond motifs is 1. The molecule has 4 rings (SSSR count). The van der Waals surface area contributed by atoms with Crippen molar-refractivity contribution in [1.29, 1.82) is 0 Å². The highest BCUT2D eigenvalue weighted by atomic mass is 16.5. The normalized spacial score (nSPS) is 11.5. The molecule has 0 saturated carbocycles. The highest BCUT2D eigenvalue weighted by Gasteiger charge is 2.17. The molecule has 178 valence electrons. The van der Waals surface area contributed by atoms with E-state index >= 15 is 0 Å². The van der Waals surface area contributed by atoms with Gasteiger partial charge in [-0.1, -0.05) is 35.9 Å². The standard InChI is InChI=1S/C29H28N2O4/c1-5-34-26-15-27-23(24(16-35-27)20-11-10-17(2)12-18(20)3)14-22(26)19(4)13-28(32)31-25-9-7-6-8-21(25)29(30)33/h6-16H,5H2,1-4H3,(H2,30,33)(H,31,32)/b19-13+. The molecular weight excluding hydrogens is 440 g/mol. The number of amides is 2. The lowest BCUT2D eigenvalue weighted by molar-refractivity contribution is -0.111. The third-order valence-corrected chi connectivity index (χ3v) is 5.87. The van der Waals surface area contributed by atoms with Crippen LogP contribution >= 0.6 is 0 Å². The zero-order valence-electron chi connectivity index (χ0n) is 20.3. The van der Waals surface area contributed by atoms with Crippen LogP contribution < -0.4 is 15.8 Å². The largest absolute Gasteiger partial charge is 0.493 e. The minimum atomic E-state index is -0.607. The lowest BCUT2D eigenvalue weighted by atomic mass is 9.96. The Hall–Kier alpha value is -4.32. The maximum atomic E-state index is 12.8. The maximum absolute atomic E-state index is 12.8. The van der Waals surface area contributed by atoms with Gasteiger partial charge < -0.3 is 20.2 Å². The van der Waals surface area contributed by atoms with Crippen molar-refractivity contribution in [1.82, 2.24) is 0 Å². The summed E-state index contributed by atoms with van der Waals surface area (Å²) in [6.07, 6.45) is 3.24. The van der Waals surface area contributed by atoms with E-state index in [0.717, 1.165) is 27.6 Å². The number of para-hydroxylation sites is 1. The van der Waals surface area contributed by atoms with Crippen molar-refractivity contribution in [2.75, 3.05) is 11.9 Å². The minimum Gasteiger partial charge on any atom is -0.493 e. The van der Waals surface area contributed by atoms with Crippen LogP contribution in [0.3, 0.4) is 0 Å². The number of anilines is 1. The lowest BCUT2D eigenvalue weighted by Gasteiger charge is -2.12. The third kappa shape index (κ3) is 4.96. The first-order valence-corrected chi connectivity index (χ1v) is 11.4. The van der Waals surface area contributed by atoms with Crippen LogP contribution in [0, 0.1) is 13.8 Å². The van der Waals surface area contributed by atoms with Crippen LogP contribution in [0.2, 0.25) is 0 Å². The summed E-state index contributed by atoms with van der Waals surface area (Å²) in [5, 5.41) is 3.68. The second-order valence-electron chi connectivity index (χ2n) is 8.47. The molecule has 35 heavy (non-hydrogen) atoms. The van der Waals surface area contributed by atoms with Crippen molar-refractivity contribution >= 4 is 34.0 Å². The molecule has 6 nitrogen and oxygen atoms in total. The van der Waals surface area contributed by atoms with Gasteiger partial charge in [-0.05, 0) is 62.6 Å². The highest BCUT2D eigenvalue weighted by molar-refractivity contribution is 6.09. The van der Waals surface area contributed by atoms with Gasteiger partial charge in [0.1, 0.15) is 11.3 Å². The molecule has 0 aliphatic carbocycles. The van der Waals surface area contributed by atoms with E-state index in [0.29, 0.717) is 29.2 Å². The van der Waals surface area contributed by atoms with Crippen molar-refractivity contribution in [2.45, 2.75) is 27.7 Å². The van der Waals surface area contributed by atoms with Crippen LogP contribution in [0.15, 0.2) is 71.4 Å². The average Bonchev–Trinajstić information content (AvgIpc) is 3.21. The van der Waals surface area contributed by atoms with Crippen molar-refractivity contribution in [3.05, 3.63) is 89.2 Å². The number of carbonyl (C=O) groups is 2. The molecule has 2 amide bonds. The number of allylic oxidation sites excluding steroid dienone is 1. The first-order valence-electron chi connectivity index (χ1n) is 11.4. The predicted octanol–water partition coefficient (Wildman–Crippen LogP) is 6.26. The Labute approximate surface area is 204 Å². The van der Waals surface area contributed by atoms with Gasteiger partial charge in [-0.15, -0.1) is 0 Å². The first-order chi connectivity index (χ1) is 16.8. The van der Waals surface area contributed by atoms with E-state index in [1.54, 1.807) is 30.5 Å². The molecular formula is C29H28N2O4. The molecule has 1 heterocycles. The monoisotopic (exact) mass is 468 g/mol. The van der Waals surface area contributed by atoms with E-state index in [1.165, 1.54) is 11.6 Å². The molecule has 0 unspecified atom stereocenters. The van der Waals surface area contributed by atoms with Gasteiger partial charge in [-0.3, -0.25) is 9.59 Å². The van der Waals surface area contributed by atoms with Gasteiger partial charge >= 0.3 is 0 Å². The third-order valence-electron chi connectivity index (χ3n) is 5.87.